The summed E-state index contributed by atoms with van der Waals surface area (Å²) in [5.41, 5.74) is 0.746. The van der Waals surface area contributed by atoms with Gasteiger partial charge >= 0.3 is 0 Å². The molecule has 0 spiro atoms. The molecule has 0 atom stereocenters. The van der Waals surface area contributed by atoms with Crippen LogP contribution in [0.4, 0.5) is 5.69 Å². The van der Waals surface area contributed by atoms with Gasteiger partial charge in [-0.15, -0.1) is 0 Å². The molecule has 2 aliphatic rings. The molecule has 1 aromatic rings. The molecular formula is C13H15NO4. The summed E-state index contributed by atoms with van der Waals surface area (Å²) < 4.78 is 15.7. The summed E-state index contributed by atoms with van der Waals surface area (Å²) in [5, 5.41) is 2.91. The van der Waals surface area contributed by atoms with E-state index in [9.17, 15) is 4.79 Å². The van der Waals surface area contributed by atoms with Gasteiger partial charge in [-0.2, -0.15) is 0 Å². The lowest BCUT2D eigenvalue weighted by Crippen LogP contribution is -2.28. The van der Waals surface area contributed by atoms with Crippen molar-refractivity contribution in [3.05, 3.63) is 18.2 Å². The van der Waals surface area contributed by atoms with Crippen molar-refractivity contribution >= 4 is 11.6 Å². The van der Waals surface area contributed by atoms with Gasteiger partial charge in [0.2, 0.25) is 12.7 Å². The second kappa shape index (κ2) is 4.86. The van der Waals surface area contributed by atoms with Crippen molar-refractivity contribution < 1.29 is 19.0 Å². The number of rotatable bonds is 2. The zero-order valence-electron chi connectivity index (χ0n) is 9.98. The van der Waals surface area contributed by atoms with Crippen LogP contribution in [0.25, 0.3) is 0 Å². The summed E-state index contributed by atoms with van der Waals surface area (Å²) in [6.45, 7) is 1.57. The van der Waals surface area contributed by atoms with Crippen LogP contribution in [0.5, 0.6) is 11.5 Å². The Kier molecular flexibility index (Phi) is 3.06. The van der Waals surface area contributed by atoms with Crippen molar-refractivity contribution in [2.45, 2.75) is 12.8 Å². The molecule has 0 aromatic heterocycles. The van der Waals surface area contributed by atoms with Gasteiger partial charge < -0.3 is 19.5 Å². The molecule has 0 bridgehead atoms. The SMILES string of the molecule is O=C(Nc1ccc2c(c1)OCO2)C1CCOCC1. The largest absolute Gasteiger partial charge is 0.454 e. The third kappa shape index (κ3) is 2.26. The van der Waals surface area contributed by atoms with Gasteiger partial charge in [-0.3, -0.25) is 4.79 Å². The van der Waals surface area contributed by atoms with Crippen molar-refractivity contribution in [1.82, 2.24) is 0 Å². The molecule has 5 heteroatoms. The lowest BCUT2D eigenvalue weighted by atomic mass is 9.99. The zero-order valence-corrected chi connectivity index (χ0v) is 9.98. The van der Waals surface area contributed by atoms with E-state index < -0.39 is 0 Å². The lowest BCUT2D eigenvalue weighted by Gasteiger charge is -2.21. The Morgan fingerprint density at radius 1 is 1.17 bits per heavy atom. The van der Waals surface area contributed by atoms with Crippen LogP contribution in [0, 0.1) is 5.92 Å². The Balaban J connectivity index is 1.66. The van der Waals surface area contributed by atoms with E-state index in [0.29, 0.717) is 19.0 Å². The van der Waals surface area contributed by atoms with Crippen LogP contribution in [-0.4, -0.2) is 25.9 Å². The average molecular weight is 249 g/mol. The van der Waals surface area contributed by atoms with E-state index in [1.165, 1.54) is 0 Å². The maximum absolute atomic E-state index is 12.0. The highest BCUT2D eigenvalue weighted by Gasteiger charge is 2.22. The van der Waals surface area contributed by atoms with E-state index in [2.05, 4.69) is 5.32 Å². The molecule has 1 fully saturated rings. The third-order valence-corrected chi connectivity index (χ3v) is 3.23. The quantitative estimate of drug-likeness (QED) is 0.868. The smallest absolute Gasteiger partial charge is 0.231 e. The molecular weight excluding hydrogens is 234 g/mol. The van der Waals surface area contributed by atoms with Gasteiger partial charge in [0.25, 0.3) is 0 Å². The molecule has 18 heavy (non-hydrogen) atoms. The highest BCUT2D eigenvalue weighted by Crippen LogP contribution is 2.34. The second-order valence-electron chi connectivity index (χ2n) is 4.44. The zero-order chi connectivity index (χ0) is 12.4. The molecule has 96 valence electrons. The average Bonchev–Trinajstić information content (AvgIpc) is 2.87. The number of carbonyl (C=O) groups excluding carboxylic acids is 1. The summed E-state index contributed by atoms with van der Waals surface area (Å²) >= 11 is 0. The van der Waals surface area contributed by atoms with Gasteiger partial charge in [0.1, 0.15) is 0 Å². The minimum absolute atomic E-state index is 0.0455. The van der Waals surface area contributed by atoms with Crippen LogP contribution in [0.15, 0.2) is 18.2 Å². The van der Waals surface area contributed by atoms with Crippen molar-refractivity contribution in [1.29, 1.82) is 0 Å². The van der Waals surface area contributed by atoms with Crippen molar-refractivity contribution in [2.24, 2.45) is 5.92 Å². The molecule has 0 saturated carbocycles. The highest BCUT2D eigenvalue weighted by atomic mass is 16.7. The molecule has 2 heterocycles. The highest BCUT2D eigenvalue weighted by molar-refractivity contribution is 5.92. The first kappa shape index (κ1) is 11.3. The molecule has 0 radical (unpaired) electrons. The normalized spacial score (nSPS) is 18.7. The summed E-state index contributed by atoms with van der Waals surface area (Å²) in [6.07, 6.45) is 1.58. The minimum atomic E-state index is 0.0455. The van der Waals surface area contributed by atoms with Crippen LogP contribution in [0.3, 0.4) is 0 Å². The second-order valence-corrected chi connectivity index (χ2v) is 4.44. The predicted molar refractivity (Wildman–Crippen MR) is 64.7 cm³/mol. The van der Waals surface area contributed by atoms with Gasteiger partial charge in [-0.25, -0.2) is 0 Å². The van der Waals surface area contributed by atoms with E-state index in [1.807, 2.05) is 12.1 Å². The molecule has 3 rings (SSSR count). The van der Waals surface area contributed by atoms with Gasteiger partial charge in [-0.05, 0) is 25.0 Å². The Labute approximate surface area is 105 Å². The van der Waals surface area contributed by atoms with Crippen LogP contribution in [0.1, 0.15) is 12.8 Å². The van der Waals surface area contributed by atoms with Crippen LogP contribution >= 0.6 is 0 Å². The van der Waals surface area contributed by atoms with Gasteiger partial charge in [-0.1, -0.05) is 0 Å². The number of nitrogens with one attached hydrogen (secondary N) is 1. The fourth-order valence-corrected chi connectivity index (χ4v) is 2.18. The minimum Gasteiger partial charge on any atom is -0.454 e. The molecule has 0 unspecified atom stereocenters. The first-order valence-corrected chi connectivity index (χ1v) is 6.11. The molecule has 1 saturated heterocycles. The number of ether oxygens (including phenoxy) is 3. The first-order valence-electron chi connectivity index (χ1n) is 6.11. The summed E-state index contributed by atoms with van der Waals surface area (Å²) in [6, 6.07) is 5.42. The van der Waals surface area contributed by atoms with Crippen LogP contribution in [-0.2, 0) is 9.53 Å². The lowest BCUT2D eigenvalue weighted by molar-refractivity contribution is -0.122. The number of hydrogen-bond donors (Lipinski definition) is 1. The van der Waals surface area contributed by atoms with Gasteiger partial charge in [0, 0.05) is 30.9 Å². The number of hydrogen-bond acceptors (Lipinski definition) is 4. The van der Waals surface area contributed by atoms with Gasteiger partial charge in [0.05, 0.1) is 0 Å². The summed E-state index contributed by atoms with van der Waals surface area (Å²) in [7, 11) is 0. The number of amides is 1. The molecule has 2 aliphatic heterocycles. The Morgan fingerprint density at radius 3 is 2.78 bits per heavy atom. The summed E-state index contributed by atoms with van der Waals surface area (Å²) in [5.74, 6) is 1.50. The molecule has 0 aliphatic carbocycles. The van der Waals surface area contributed by atoms with E-state index >= 15 is 0 Å². The summed E-state index contributed by atoms with van der Waals surface area (Å²) in [4.78, 5) is 12.0. The number of fused-ring (bicyclic) bond motifs is 1. The van der Waals surface area contributed by atoms with E-state index in [1.54, 1.807) is 6.07 Å². The predicted octanol–water partition coefficient (Wildman–Crippen LogP) is 1.78. The van der Waals surface area contributed by atoms with E-state index in [0.717, 1.165) is 24.3 Å². The van der Waals surface area contributed by atoms with Crippen LogP contribution in [0.2, 0.25) is 0 Å². The van der Waals surface area contributed by atoms with Crippen molar-refractivity contribution in [3.8, 4) is 11.5 Å². The fourth-order valence-electron chi connectivity index (χ4n) is 2.18. The first-order chi connectivity index (χ1) is 8.83. The van der Waals surface area contributed by atoms with Gasteiger partial charge in [0.15, 0.2) is 11.5 Å². The molecule has 1 N–H and O–H groups in total. The molecule has 1 aromatic carbocycles. The van der Waals surface area contributed by atoms with E-state index in [-0.39, 0.29) is 18.6 Å². The third-order valence-electron chi connectivity index (χ3n) is 3.23. The number of anilines is 1. The number of carbonyl (C=O) groups is 1. The fraction of sp³-hybridized carbons (Fsp3) is 0.462. The topological polar surface area (TPSA) is 56.8 Å². The Bertz CT molecular complexity index is 454. The standard InChI is InChI=1S/C13H15NO4/c15-13(9-3-5-16-6-4-9)14-10-1-2-11-12(7-10)18-8-17-11/h1-2,7,9H,3-6,8H2,(H,14,15). The van der Waals surface area contributed by atoms with E-state index in [4.69, 9.17) is 14.2 Å². The Morgan fingerprint density at radius 2 is 1.94 bits per heavy atom. The number of benzene rings is 1. The van der Waals surface area contributed by atoms with Crippen LogP contribution < -0.4 is 14.8 Å². The van der Waals surface area contributed by atoms with Crippen molar-refractivity contribution in [3.63, 3.8) is 0 Å². The maximum atomic E-state index is 12.0. The Hall–Kier alpha value is -1.75. The maximum Gasteiger partial charge on any atom is 0.231 e. The van der Waals surface area contributed by atoms with Crippen molar-refractivity contribution in [2.75, 3.05) is 25.3 Å². The molecule has 1 amide bonds. The monoisotopic (exact) mass is 249 g/mol. The molecule has 5 nitrogen and oxygen atoms in total.